The first-order chi connectivity index (χ1) is 15.9. The fourth-order valence-corrected chi connectivity index (χ4v) is 3.87. The van der Waals surface area contributed by atoms with E-state index in [0.29, 0.717) is 41.4 Å². The molecule has 1 amide bonds. The molecule has 1 aliphatic heterocycles. The molecule has 0 saturated carbocycles. The van der Waals surface area contributed by atoms with Gasteiger partial charge in [0.05, 0.1) is 17.0 Å². The molecule has 2 aromatic carbocycles. The second-order valence-electron chi connectivity index (χ2n) is 7.85. The van der Waals surface area contributed by atoms with Crippen molar-refractivity contribution >= 4 is 17.5 Å². The number of amides is 1. The minimum atomic E-state index is -5.04. The molecule has 1 fully saturated rings. The molecule has 0 radical (unpaired) electrons. The average Bonchev–Trinajstić information content (AvgIpc) is 3.28. The van der Waals surface area contributed by atoms with E-state index in [1.54, 1.807) is 24.3 Å². The lowest BCUT2D eigenvalue weighted by atomic mass is 9.96. The molecule has 0 N–H and O–H groups in total. The molecular formula is C22H16ClF6N3O2. The molecule has 1 saturated heterocycles. The maximum absolute atomic E-state index is 13.2. The Morgan fingerprint density at radius 3 is 2.21 bits per heavy atom. The first-order valence-electron chi connectivity index (χ1n) is 10.1. The lowest BCUT2D eigenvalue weighted by molar-refractivity contribution is -0.143. The Bertz CT molecular complexity index is 1160. The maximum atomic E-state index is 13.2. The van der Waals surface area contributed by atoms with Gasteiger partial charge in [-0.1, -0.05) is 16.8 Å². The largest absolute Gasteiger partial charge is 0.416 e. The van der Waals surface area contributed by atoms with E-state index in [9.17, 15) is 31.1 Å². The van der Waals surface area contributed by atoms with Gasteiger partial charge in [-0.05, 0) is 55.3 Å². The van der Waals surface area contributed by atoms with Gasteiger partial charge in [0.1, 0.15) is 0 Å². The number of hydrogen-bond acceptors (Lipinski definition) is 4. The summed E-state index contributed by atoms with van der Waals surface area (Å²) in [4.78, 5) is 18.4. The van der Waals surface area contributed by atoms with Crippen LogP contribution in [0.25, 0.3) is 11.4 Å². The number of carbonyl (C=O) groups is 1. The lowest BCUT2D eigenvalue weighted by Gasteiger charge is -2.31. The van der Waals surface area contributed by atoms with Crippen molar-refractivity contribution < 1.29 is 35.7 Å². The molecule has 34 heavy (non-hydrogen) atoms. The van der Waals surface area contributed by atoms with Gasteiger partial charge in [0.25, 0.3) is 5.91 Å². The number of piperidine rings is 1. The third-order valence-electron chi connectivity index (χ3n) is 5.44. The van der Waals surface area contributed by atoms with Gasteiger partial charge in [0, 0.05) is 29.2 Å². The fraction of sp³-hybridized carbons (Fsp3) is 0.318. The summed E-state index contributed by atoms with van der Waals surface area (Å²) in [5.41, 5.74) is -3.12. The van der Waals surface area contributed by atoms with E-state index in [1.807, 2.05) is 0 Å². The van der Waals surface area contributed by atoms with Crippen LogP contribution in [0.3, 0.4) is 0 Å². The van der Waals surface area contributed by atoms with Gasteiger partial charge in [0.15, 0.2) is 0 Å². The Labute approximate surface area is 194 Å². The summed E-state index contributed by atoms with van der Waals surface area (Å²) in [7, 11) is 0. The zero-order valence-corrected chi connectivity index (χ0v) is 18.0. The predicted molar refractivity (Wildman–Crippen MR) is 109 cm³/mol. The highest BCUT2D eigenvalue weighted by molar-refractivity contribution is 6.30. The Morgan fingerprint density at radius 1 is 1.00 bits per heavy atom. The van der Waals surface area contributed by atoms with Crippen LogP contribution in [-0.4, -0.2) is 34.0 Å². The van der Waals surface area contributed by atoms with Gasteiger partial charge in [-0.3, -0.25) is 4.79 Å². The van der Waals surface area contributed by atoms with Crippen LogP contribution in [0, 0.1) is 0 Å². The van der Waals surface area contributed by atoms with Gasteiger partial charge in [-0.25, -0.2) is 0 Å². The minimum Gasteiger partial charge on any atom is -0.339 e. The smallest absolute Gasteiger partial charge is 0.339 e. The predicted octanol–water partition coefficient (Wildman–Crippen LogP) is 6.45. The van der Waals surface area contributed by atoms with E-state index in [0.717, 1.165) is 0 Å². The summed E-state index contributed by atoms with van der Waals surface area (Å²) in [6, 6.07) is 7.56. The SMILES string of the molecule is O=C(c1cc(C(F)(F)F)cc(C(F)(F)F)c1)N1CCCC(c2nc(-c3ccc(Cl)cc3)no2)C1. The van der Waals surface area contributed by atoms with Crippen molar-refractivity contribution in [2.24, 2.45) is 0 Å². The molecule has 2 heterocycles. The molecule has 180 valence electrons. The monoisotopic (exact) mass is 503 g/mol. The number of nitrogens with zero attached hydrogens (tertiary/aromatic N) is 3. The Hall–Kier alpha value is -3.08. The van der Waals surface area contributed by atoms with Crippen molar-refractivity contribution in [3.05, 3.63) is 70.1 Å². The summed E-state index contributed by atoms with van der Waals surface area (Å²) in [6.45, 7) is 0.184. The Kier molecular flexibility index (Phi) is 6.32. The van der Waals surface area contributed by atoms with E-state index >= 15 is 0 Å². The van der Waals surface area contributed by atoms with Crippen LogP contribution in [-0.2, 0) is 12.4 Å². The van der Waals surface area contributed by atoms with E-state index in [-0.39, 0.29) is 25.0 Å². The molecule has 12 heteroatoms. The van der Waals surface area contributed by atoms with E-state index in [2.05, 4.69) is 10.1 Å². The van der Waals surface area contributed by atoms with Crippen LogP contribution in [0.15, 0.2) is 47.0 Å². The van der Waals surface area contributed by atoms with Crippen LogP contribution in [0.2, 0.25) is 5.02 Å². The number of carbonyl (C=O) groups excluding carboxylic acids is 1. The molecule has 1 aromatic heterocycles. The highest BCUT2D eigenvalue weighted by Crippen LogP contribution is 2.37. The number of rotatable bonds is 3. The van der Waals surface area contributed by atoms with Crippen molar-refractivity contribution in [2.45, 2.75) is 31.1 Å². The molecule has 1 atom stereocenters. The van der Waals surface area contributed by atoms with Crippen molar-refractivity contribution in [1.29, 1.82) is 0 Å². The third kappa shape index (κ3) is 5.19. The third-order valence-corrected chi connectivity index (χ3v) is 5.69. The van der Waals surface area contributed by atoms with Crippen LogP contribution in [0.1, 0.15) is 46.1 Å². The minimum absolute atomic E-state index is 0.00742. The first kappa shape index (κ1) is 24.1. The molecule has 0 bridgehead atoms. The molecule has 4 rings (SSSR count). The van der Waals surface area contributed by atoms with Crippen molar-refractivity contribution in [1.82, 2.24) is 15.0 Å². The second kappa shape index (κ2) is 8.94. The normalized spacial score (nSPS) is 17.1. The zero-order chi connectivity index (χ0) is 24.7. The summed E-state index contributed by atoms with van der Waals surface area (Å²) in [5.74, 6) is -0.830. The summed E-state index contributed by atoms with van der Waals surface area (Å²) in [6.07, 6.45) is -9.06. The number of benzene rings is 2. The molecule has 1 unspecified atom stereocenters. The van der Waals surface area contributed by atoms with Crippen molar-refractivity contribution in [2.75, 3.05) is 13.1 Å². The van der Waals surface area contributed by atoms with Crippen LogP contribution < -0.4 is 0 Å². The van der Waals surface area contributed by atoms with Gasteiger partial charge in [-0.2, -0.15) is 31.3 Å². The van der Waals surface area contributed by atoms with Gasteiger partial charge in [0.2, 0.25) is 11.7 Å². The number of likely N-dealkylation sites (tertiary alicyclic amines) is 1. The summed E-state index contributed by atoms with van der Waals surface area (Å²) in [5, 5.41) is 4.44. The topological polar surface area (TPSA) is 59.2 Å². The van der Waals surface area contributed by atoms with Crippen LogP contribution >= 0.6 is 11.6 Å². The van der Waals surface area contributed by atoms with Crippen LogP contribution in [0.4, 0.5) is 26.3 Å². The summed E-state index contributed by atoms with van der Waals surface area (Å²) < 4.78 is 84.3. The molecular weight excluding hydrogens is 488 g/mol. The standard InChI is InChI=1S/C22H16ClF6N3O2/c23-17-5-3-12(4-6-17)18-30-19(34-31-18)13-2-1-7-32(11-13)20(33)14-8-15(21(24,25)26)10-16(9-14)22(27,28)29/h3-6,8-10,13H,1-2,7,11H2. The molecule has 5 nitrogen and oxygen atoms in total. The number of hydrogen-bond donors (Lipinski definition) is 0. The fourth-order valence-electron chi connectivity index (χ4n) is 3.74. The number of halogens is 7. The van der Waals surface area contributed by atoms with Crippen molar-refractivity contribution in [3.8, 4) is 11.4 Å². The van der Waals surface area contributed by atoms with Gasteiger partial charge >= 0.3 is 12.4 Å². The van der Waals surface area contributed by atoms with Crippen molar-refractivity contribution in [3.63, 3.8) is 0 Å². The van der Waals surface area contributed by atoms with E-state index in [4.69, 9.17) is 16.1 Å². The highest BCUT2D eigenvalue weighted by Gasteiger charge is 2.38. The highest BCUT2D eigenvalue weighted by atomic mass is 35.5. The molecule has 3 aromatic rings. The van der Waals surface area contributed by atoms with Gasteiger partial charge in [-0.15, -0.1) is 0 Å². The Morgan fingerprint density at radius 2 is 1.62 bits per heavy atom. The van der Waals surface area contributed by atoms with E-state index < -0.39 is 40.9 Å². The Balaban J connectivity index is 1.57. The summed E-state index contributed by atoms with van der Waals surface area (Å²) >= 11 is 5.87. The number of alkyl halides is 6. The van der Waals surface area contributed by atoms with E-state index in [1.165, 1.54) is 4.90 Å². The zero-order valence-electron chi connectivity index (χ0n) is 17.3. The molecule has 1 aliphatic rings. The number of aromatic nitrogens is 2. The molecule has 0 aliphatic carbocycles. The van der Waals surface area contributed by atoms with Crippen LogP contribution in [0.5, 0.6) is 0 Å². The average molecular weight is 504 g/mol. The quantitative estimate of drug-likeness (QED) is 0.386. The maximum Gasteiger partial charge on any atom is 0.416 e. The molecule has 0 spiro atoms. The lowest BCUT2D eigenvalue weighted by Crippen LogP contribution is -2.39. The van der Waals surface area contributed by atoms with Gasteiger partial charge < -0.3 is 9.42 Å². The second-order valence-corrected chi connectivity index (χ2v) is 8.28. The first-order valence-corrected chi connectivity index (χ1v) is 10.5.